The highest BCUT2D eigenvalue weighted by atomic mass is 35.5. The smallest absolute Gasteiger partial charge is 0.229 e. The van der Waals surface area contributed by atoms with E-state index < -0.39 is 0 Å². The van der Waals surface area contributed by atoms with E-state index in [-0.39, 0.29) is 11.8 Å². The fourth-order valence-corrected chi connectivity index (χ4v) is 3.34. The van der Waals surface area contributed by atoms with Crippen molar-refractivity contribution >= 4 is 34.0 Å². The lowest BCUT2D eigenvalue weighted by molar-refractivity contribution is -0.119. The molecule has 4 rings (SSSR count). The normalized spacial score (nSPS) is 12.2. The van der Waals surface area contributed by atoms with Gasteiger partial charge in [-0.05, 0) is 16.3 Å². The predicted molar refractivity (Wildman–Crippen MR) is 110 cm³/mol. The number of aromatic nitrogens is 4. The second-order valence-corrected chi connectivity index (χ2v) is 7.27. The summed E-state index contributed by atoms with van der Waals surface area (Å²) < 4.78 is 3.49. The summed E-state index contributed by atoms with van der Waals surface area (Å²) in [7, 11) is 0. The number of benzene rings is 2. The first-order chi connectivity index (χ1) is 13.6. The standard InChI is InChI=1S/C21H20ClN5O/c1-15(11-26-13-18(22)9-23-26)21(28)25-19-10-24-27(14-19)12-17-7-4-6-16-5-2-3-8-20(16)17/h2-10,13-15H,11-12H2,1H3,(H,25,28). The highest BCUT2D eigenvalue weighted by Gasteiger charge is 2.15. The second kappa shape index (κ2) is 7.86. The number of nitrogens with one attached hydrogen (secondary N) is 1. The molecule has 6 nitrogen and oxygen atoms in total. The van der Waals surface area contributed by atoms with Crippen molar-refractivity contribution in [1.29, 1.82) is 0 Å². The molecule has 1 amide bonds. The Hall–Kier alpha value is -3.12. The highest BCUT2D eigenvalue weighted by Crippen LogP contribution is 2.20. The lowest BCUT2D eigenvalue weighted by Gasteiger charge is -2.11. The first-order valence-electron chi connectivity index (χ1n) is 9.06. The lowest BCUT2D eigenvalue weighted by Crippen LogP contribution is -2.24. The first kappa shape index (κ1) is 18.3. The van der Waals surface area contributed by atoms with E-state index in [1.807, 2.05) is 36.0 Å². The molecule has 7 heteroatoms. The number of hydrogen-bond donors (Lipinski definition) is 1. The molecule has 0 aliphatic rings. The minimum absolute atomic E-state index is 0.0867. The monoisotopic (exact) mass is 393 g/mol. The topological polar surface area (TPSA) is 64.7 Å². The summed E-state index contributed by atoms with van der Waals surface area (Å²) in [5.74, 6) is -0.339. The lowest BCUT2D eigenvalue weighted by atomic mass is 10.0. The molecule has 142 valence electrons. The van der Waals surface area contributed by atoms with E-state index in [2.05, 4.69) is 39.8 Å². The van der Waals surface area contributed by atoms with Crippen LogP contribution in [0.4, 0.5) is 5.69 Å². The van der Waals surface area contributed by atoms with Gasteiger partial charge in [-0.25, -0.2) is 0 Å². The Bertz CT molecular complexity index is 1110. The van der Waals surface area contributed by atoms with E-state index >= 15 is 0 Å². The van der Waals surface area contributed by atoms with Crippen LogP contribution in [-0.4, -0.2) is 25.5 Å². The van der Waals surface area contributed by atoms with Crippen LogP contribution in [0.25, 0.3) is 10.8 Å². The molecule has 0 saturated heterocycles. The maximum Gasteiger partial charge on any atom is 0.229 e. The number of anilines is 1. The van der Waals surface area contributed by atoms with Gasteiger partial charge in [0.25, 0.3) is 0 Å². The van der Waals surface area contributed by atoms with Gasteiger partial charge < -0.3 is 5.32 Å². The van der Waals surface area contributed by atoms with Gasteiger partial charge in [-0.1, -0.05) is 61.0 Å². The maximum absolute atomic E-state index is 12.4. The van der Waals surface area contributed by atoms with E-state index in [1.54, 1.807) is 23.3 Å². The molecule has 2 heterocycles. The van der Waals surface area contributed by atoms with Crippen LogP contribution in [-0.2, 0) is 17.9 Å². The summed E-state index contributed by atoms with van der Waals surface area (Å²) in [6, 6.07) is 14.5. The van der Waals surface area contributed by atoms with E-state index in [0.717, 1.165) is 0 Å². The summed E-state index contributed by atoms with van der Waals surface area (Å²) in [5.41, 5.74) is 1.86. The Morgan fingerprint density at radius 1 is 1.07 bits per heavy atom. The van der Waals surface area contributed by atoms with Gasteiger partial charge in [0.05, 0.1) is 42.1 Å². The number of nitrogens with zero attached hydrogens (tertiary/aromatic N) is 4. The molecule has 0 radical (unpaired) electrons. The van der Waals surface area contributed by atoms with Crippen LogP contribution in [0.15, 0.2) is 67.3 Å². The van der Waals surface area contributed by atoms with Crippen LogP contribution in [0.5, 0.6) is 0 Å². The van der Waals surface area contributed by atoms with Crippen LogP contribution in [0.2, 0.25) is 5.02 Å². The van der Waals surface area contributed by atoms with Crippen molar-refractivity contribution < 1.29 is 4.79 Å². The average molecular weight is 394 g/mol. The van der Waals surface area contributed by atoms with Crippen molar-refractivity contribution in [3.8, 4) is 0 Å². The zero-order valence-corrected chi connectivity index (χ0v) is 16.2. The van der Waals surface area contributed by atoms with E-state index in [9.17, 15) is 4.79 Å². The molecule has 1 unspecified atom stereocenters. The molecule has 0 aliphatic carbocycles. The van der Waals surface area contributed by atoms with Gasteiger partial charge in [0, 0.05) is 12.4 Å². The molecule has 0 fully saturated rings. The molecule has 1 N–H and O–H groups in total. The minimum Gasteiger partial charge on any atom is -0.323 e. The molecular formula is C21H20ClN5O. The molecule has 28 heavy (non-hydrogen) atoms. The van der Waals surface area contributed by atoms with Gasteiger partial charge in [-0.15, -0.1) is 0 Å². The molecule has 0 saturated carbocycles. The Labute approximate surface area is 167 Å². The number of amides is 1. The van der Waals surface area contributed by atoms with Crippen LogP contribution >= 0.6 is 11.6 Å². The zero-order valence-electron chi connectivity index (χ0n) is 15.4. The van der Waals surface area contributed by atoms with Gasteiger partial charge in [0.2, 0.25) is 5.91 Å². The second-order valence-electron chi connectivity index (χ2n) is 6.84. The number of carbonyl (C=O) groups is 1. The molecule has 0 bridgehead atoms. The fraction of sp³-hybridized carbons (Fsp3) is 0.190. The van der Waals surface area contributed by atoms with Crippen molar-refractivity contribution in [2.75, 3.05) is 5.32 Å². The number of halogens is 1. The van der Waals surface area contributed by atoms with Crippen molar-refractivity contribution in [2.24, 2.45) is 5.92 Å². The third-order valence-corrected chi connectivity index (χ3v) is 4.82. The SMILES string of the molecule is CC(Cn1cc(Cl)cn1)C(=O)Nc1cnn(Cc2cccc3ccccc23)c1. The van der Waals surface area contributed by atoms with Gasteiger partial charge in [0.1, 0.15) is 0 Å². The van der Waals surface area contributed by atoms with Crippen molar-refractivity contribution in [3.63, 3.8) is 0 Å². The molecular weight excluding hydrogens is 374 g/mol. The zero-order chi connectivity index (χ0) is 19.5. The maximum atomic E-state index is 12.4. The highest BCUT2D eigenvalue weighted by molar-refractivity contribution is 6.30. The van der Waals surface area contributed by atoms with Crippen molar-refractivity contribution in [2.45, 2.75) is 20.0 Å². The van der Waals surface area contributed by atoms with Crippen LogP contribution in [0.3, 0.4) is 0 Å². The molecule has 0 aliphatic heterocycles. The number of carbonyl (C=O) groups excluding carboxylic acids is 1. The average Bonchev–Trinajstić information content (AvgIpc) is 3.30. The molecule has 1 atom stereocenters. The van der Waals surface area contributed by atoms with Crippen LogP contribution in [0.1, 0.15) is 12.5 Å². The van der Waals surface area contributed by atoms with Crippen LogP contribution < -0.4 is 5.32 Å². The first-order valence-corrected chi connectivity index (χ1v) is 9.44. The summed E-state index contributed by atoms with van der Waals surface area (Å²) >= 11 is 5.86. The quantitative estimate of drug-likeness (QED) is 0.533. The molecule has 4 aromatic rings. The summed E-state index contributed by atoms with van der Waals surface area (Å²) in [6.45, 7) is 2.95. The number of fused-ring (bicyclic) bond motifs is 1. The minimum atomic E-state index is -0.252. The third kappa shape index (κ3) is 4.07. The Morgan fingerprint density at radius 3 is 2.68 bits per heavy atom. The van der Waals surface area contributed by atoms with E-state index in [0.29, 0.717) is 23.8 Å². The number of rotatable bonds is 6. The van der Waals surface area contributed by atoms with Crippen molar-refractivity contribution in [3.05, 3.63) is 77.8 Å². The van der Waals surface area contributed by atoms with Gasteiger partial charge in [-0.2, -0.15) is 10.2 Å². The van der Waals surface area contributed by atoms with Crippen molar-refractivity contribution in [1.82, 2.24) is 19.6 Å². The third-order valence-electron chi connectivity index (χ3n) is 4.62. The summed E-state index contributed by atoms with van der Waals surface area (Å²) in [6.07, 6.45) is 6.77. The summed E-state index contributed by atoms with van der Waals surface area (Å²) in [5, 5.41) is 14.4. The molecule has 0 spiro atoms. The van der Waals surface area contributed by atoms with Crippen LogP contribution in [0, 0.1) is 5.92 Å². The fourth-order valence-electron chi connectivity index (χ4n) is 3.19. The van der Waals surface area contributed by atoms with E-state index in [1.165, 1.54) is 16.3 Å². The summed E-state index contributed by atoms with van der Waals surface area (Å²) in [4.78, 5) is 12.4. The Morgan fingerprint density at radius 2 is 1.86 bits per heavy atom. The Kier molecular flexibility index (Phi) is 5.12. The van der Waals surface area contributed by atoms with Gasteiger partial charge >= 0.3 is 0 Å². The molecule has 2 aromatic heterocycles. The van der Waals surface area contributed by atoms with E-state index in [4.69, 9.17) is 11.6 Å². The molecule has 2 aromatic carbocycles. The number of hydrogen-bond acceptors (Lipinski definition) is 3. The predicted octanol–water partition coefficient (Wildman–Crippen LogP) is 4.21. The Balaban J connectivity index is 1.42. The van der Waals surface area contributed by atoms with Gasteiger partial charge in [-0.3, -0.25) is 14.2 Å². The van der Waals surface area contributed by atoms with Gasteiger partial charge in [0.15, 0.2) is 0 Å². The largest absolute Gasteiger partial charge is 0.323 e.